The monoisotopic (exact) mass is 316 g/mol. The van der Waals surface area contributed by atoms with Crippen LogP contribution in [0.15, 0.2) is 35.2 Å². The molecule has 74 valence electrons. The van der Waals surface area contributed by atoms with E-state index in [1.807, 2.05) is 11.8 Å². The Balaban J connectivity index is 2.29. The lowest BCUT2D eigenvalue weighted by Gasteiger charge is -2.06. The van der Waals surface area contributed by atoms with Crippen molar-refractivity contribution < 1.29 is 0 Å². The lowest BCUT2D eigenvalue weighted by atomic mass is 10.1. The summed E-state index contributed by atoms with van der Waals surface area (Å²) in [6, 6.07) is 6.77. The van der Waals surface area contributed by atoms with Crippen molar-refractivity contribution in [3.8, 4) is 0 Å². The van der Waals surface area contributed by atoms with Crippen LogP contribution in [-0.4, -0.2) is 5.75 Å². The molecule has 2 rings (SSSR count). The molecule has 0 saturated carbocycles. The Morgan fingerprint density at radius 3 is 3.07 bits per heavy atom. The van der Waals surface area contributed by atoms with Crippen LogP contribution in [0.1, 0.15) is 18.4 Å². The fourth-order valence-corrected chi connectivity index (χ4v) is 3.32. The van der Waals surface area contributed by atoms with E-state index in [9.17, 15) is 0 Å². The van der Waals surface area contributed by atoms with Gasteiger partial charge in [-0.15, -0.1) is 11.8 Å². The van der Waals surface area contributed by atoms with E-state index < -0.39 is 0 Å². The minimum Gasteiger partial charge on any atom is -0.126 e. The zero-order valence-electron chi connectivity index (χ0n) is 8.00. The molecule has 1 aromatic carbocycles. The van der Waals surface area contributed by atoms with Gasteiger partial charge in [-0.1, -0.05) is 18.2 Å². The van der Waals surface area contributed by atoms with Crippen molar-refractivity contribution in [2.45, 2.75) is 24.2 Å². The summed E-state index contributed by atoms with van der Waals surface area (Å²) in [5, 5.41) is 0. The molecule has 0 saturated heterocycles. The van der Waals surface area contributed by atoms with Crippen molar-refractivity contribution in [1.29, 1.82) is 0 Å². The summed E-state index contributed by atoms with van der Waals surface area (Å²) in [6.45, 7) is 0. The van der Waals surface area contributed by atoms with Gasteiger partial charge in [-0.05, 0) is 65.3 Å². The van der Waals surface area contributed by atoms with Gasteiger partial charge in [0.25, 0.3) is 0 Å². The molecule has 1 aliphatic rings. The zero-order chi connectivity index (χ0) is 9.80. The first-order chi connectivity index (χ1) is 6.86. The maximum atomic E-state index is 2.39. The molecule has 0 fully saturated rings. The van der Waals surface area contributed by atoms with Gasteiger partial charge in [-0.25, -0.2) is 0 Å². The van der Waals surface area contributed by atoms with Crippen molar-refractivity contribution in [2.24, 2.45) is 0 Å². The smallest absolute Gasteiger partial charge is 0.0141 e. The van der Waals surface area contributed by atoms with E-state index in [0.717, 1.165) is 6.42 Å². The van der Waals surface area contributed by atoms with Gasteiger partial charge < -0.3 is 0 Å². The van der Waals surface area contributed by atoms with Crippen molar-refractivity contribution in [3.63, 3.8) is 0 Å². The summed E-state index contributed by atoms with van der Waals surface area (Å²) in [5.74, 6) is 1.25. The van der Waals surface area contributed by atoms with Gasteiger partial charge in [0.2, 0.25) is 0 Å². The highest BCUT2D eigenvalue weighted by Gasteiger charge is 2.04. The summed E-state index contributed by atoms with van der Waals surface area (Å²) >= 11 is 4.39. The maximum Gasteiger partial charge on any atom is 0.0141 e. The van der Waals surface area contributed by atoms with Crippen molar-refractivity contribution in [1.82, 2.24) is 0 Å². The lowest BCUT2D eigenvalue weighted by molar-refractivity contribution is 0.970. The Kier molecular flexibility index (Phi) is 3.93. The van der Waals surface area contributed by atoms with Crippen LogP contribution in [0.2, 0.25) is 0 Å². The standard InChI is InChI=1S/C12H13IS/c13-11-7-6-10-5-3-1-2-4-8-14-12(10)9-11/h1,3,6-7,9H,2,4-5,8H2/b3-1-. The van der Waals surface area contributed by atoms with Gasteiger partial charge in [-0.3, -0.25) is 0 Å². The summed E-state index contributed by atoms with van der Waals surface area (Å²) in [5.41, 5.74) is 1.48. The minimum atomic E-state index is 1.10. The average molecular weight is 316 g/mol. The lowest BCUT2D eigenvalue weighted by Crippen LogP contribution is -1.87. The second-order valence-corrected chi connectivity index (χ2v) is 5.80. The number of allylic oxidation sites excluding steroid dienone is 2. The average Bonchev–Trinajstić information content (AvgIpc) is 2.29. The van der Waals surface area contributed by atoms with Crippen LogP contribution in [-0.2, 0) is 6.42 Å². The number of hydrogen-bond acceptors (Lipinski definition) is 1. The van der Waals surface area contributed by atoms with Gasteiger partial charge >= 0.3 is 0 Å². The predicted molar refractivity (Wildman–Crippen MR) is 72.0 cm³/mol. The molecule has 0 spiro atoms. The maximum absolute atomic E-state index is 2.39. The Hall–Kier alpha value is 0.0400. The van der Waals surface area contributed by atoms with Gasteiger partial charge in [0, 0.05) is 8.47 Å². The molecule has 1 aromatic rings. The van der Waals surface area contributed by atoms with Crippen molar-refractivity contribution >= 4 is 34.4 Å². The topological polar surface area (TPSA) is 0 Å². The highest BCUT2D eigenvalue weighted by atomic mass is 127. The van der Waals surface area contributed by atoms with Crippen LogP contribution in [0, 0.1) is 3.57 Å². The fraction of sp³-hybridized carbons (Fsp3) is 0.333. The molecule has 0 aliphatic carbocycles. The number of rotatable bonds is 0. The summed E-state index contributed by atoms with van der Waals surface area (Å²) < 4.78 is 1.34. The molecule has 2 heteroatoms. The second-order valence-electron chi connectivity index (χ2n) is 3.42. The van der Waals surface area contributed by atoms with E-state index in [1.165, 1.54) is 32.6 Å². The van der Waals surface area contributed by atoms with Crippen molar-refractivity contribution in [2.75, 3.05) is 5.75 Å². The number of thioether (sulfide) groups is 1. The highest BCUT2D eigenvalue weighted by molar-refractivity contribution is 14.1. The largest absolute Gasteiger partial charge is 0.126 e. The molecule has 0 bridgehead atoms. The molecule has 0 N–H and O–H groups in total. The predicted octanol–water partition coefficient (Wildman–Crippen LogP) is 4.28. The van der Waals surface area contributed by atoms with E-state index in [-0.39, 0.29) is 0 Å². The SMILES string of the molecule is Ic1ccc2c(c1)SCCC/C=C\C2. The third kappa shape index (κ3) is 2.76. The van der Waals surface area contributed by atoms with Gasteiger partial charge in [0.15, 0.2) is 0 Å². The minimum absolute atomic E-state index is 1.10. The van der Waals surface area contributed by atoms with Gasteiger partial charge in [-0.2, -0.15) is 0 Å². The quantitative estimate of drug-likeness (QED) is 0.509. The van der Waals surface area contributed by atoms with E-state index in [1.54, 1.807) is 0 Å². The molecular formula is C12H13IS. The molecule has 0 amide bonds. The molecular weight excluding hydrogens is 303 g/mol. The van der Waals surface area contributed by atoms with E-state index in [0.29, 0.717) is 0 Å². The second kappa shape index (κ2) is 5.21. The molecule has 1 aliphatic heterocycles. The number of hydrogen-bond donors (Lipinski definition) is 0. The van der Waals surface area contributed by atoms with E-state index in [2.05, 4.69) is 52.9 Å². The van der Waals surface area contributed by atoms with Crippen LogP contribution >= 0.6 is 34.4 Å². The molecule has 0 aromatic heterocycles. The van der Waals surface area contributed by atoms with E-state index in [4.69, 9.17) is 0 Å². The molecule has 0 atom stereocenters. The Morgan fingerprint density at radius 2 is 2.14 bits per heavy atom. The molecule has 1 heterocycles. The molecule has 0 radical (unpaired) electrons. The first kappa shape index (κ1) is 10.6. The first-order valence-corrected chi connectivity index (χ1v) is 6.99. The molecule has 0 nitrogen and oxygen atoms in total. The number of halogens is 1. The fourth-order valence-electron chi connectivity index (χ4n) is 1.54. The normalized spacial score (nSPS) is 18.9. The van der Waals surface area contributed by atoms with Crippen LogP contribution in [0.3, 0.4) is 0 Å². The first-order valence-electron chi connectivity index (χ1n) is 4.92. The molecule has 14 heavy (non-hydrogen) atoms. The summed E-state index contributed by atoms with van der Waals surface area (Å²) in [4.78, 5) is 1.48. The van der Waals surface area contributed by atoms with Crippen molar-refractivity contribution in [3.05, 3.63) is 39.5 Å². The Labute approximate surface area is 103 Å². The Morgan fingerprint density at radius 1 is 1.21 bits per heavy atom. The summed E-state index contributed by atoms with van der Waals surface area (Å²) in [6.07, 6.45) is 8.24. The van der Waals surface area contributed by atoms with Gasteiger partial charge in [0.05, 0.1) is 0 Å². The van der Waals surface area contributed by atoms with Crippen LogP contribution in [0.4, 0.5) is 0 Å². The number of benzene rings is 1. The van der Waals surface area contributed by atoms with Crippen LogP contribution < -0.4 is 0 Å². The van der Waals surface area contributed by atoms with Gasteiger partial charge in [0.1, 0.15) is 0 Å². The molecule has 0 unspecified atom stereocenters. The third-order valence-corrected chi connectivity index (χ3v) is 4.16. The Bertz CT molecular complexity index is 344. The van der Waals surface area contributed by atoms with Crippen LogP contribution in [0.5, 0.6) is 0 Å². The van der Waals surface area contributed by atoms with E-state index >= 15 is 0 Å². The third-order valence-electron chi connectivity index (χ3n) is 2.31. The highest BCUT2D eigenvalue weighted by Crippen LogP contribution is 2.27. The van der Waals surface area contributed by atoms with Crippen LogP contribution in [0.25, 0.3) is 0 Å². The number of fused-ring (bicyclic) bond motifs is 1. The summed E-state index contributed by atoms with van der Waals surface area (Å²) in [7, 11) is 0. The zero-order valence-corrected chi connectivity index (χ0v) is 11.0.